The Hall–Kier alpha value is -4.72. The predicted molar refractivity (Wildman–Crippen MR) is 203 cm³/mol. The maximum Gasteiger partial charge on any atom is 0.134 e. The Balaban J connectivity index is 0.996. The molecule has 0 aliphatic rings. The zero-order valence-corrected chi connectivity index (χ0v) is 27.5. The van der Waals surface area contributed by atoms with Gasteiger partial charge in [-0.3, -0.25) is 0 Å². The second kappa shape index (κ2) is 10.4. The van der Waals surface area contributed by atoms with Crippen molar-refractivity contribution in [3.05, 3.63) is 133 Å². The van der Waals surface area contributed by atoms with Gasteiger partial charge in [0.1, 0.15) is 10.0 Å². The van der Waals surface area contributed by atoms with Crippen LogP contribution in [0.5, 0.6) is 0 Å². The quantitative estimate of drug-likeness (QED) is 0.188. The molecule has 0 radical (unpaired) electrons. The monoisotopic (exact) mass is 658 g/mol. The van der Waals surface area contributed by atoms with Crippen molar-refractivity contribution in [3.8, 4) is 42.0 Å². The number of hydrogen-bond donors (Lipinski definition) is 0. The van der Waals surface area contributed by atoms with Crippen molar-refractivity contribution in [2.45, 2.75) is 0 Å². The van der Waals surface area contributed by atoms with Crippen LogP contribution in [0.1, 0.15) is 0 Å². The van der Waals surface area contributed by atoms with E-state index in [1.165, 1.54) is 72.4 Å². The molecule has 0 N–H and O–H groups in total. The first-order valence-electron chi connectivity index (χ1n) is 15.0. The van der Waals surface area contributed by atoms with E-state index in [2.05, 4.69) is 133 Å². The molecule has 216 valence electrons. The molecule has 2 nitrogen and oxygen atoms in total. The van der Waals surface area contributed by atoms with Crippen molar-refractivity contribution in [2.75, 3.05) is 0 Å². The van der Waals surface area contributed by atoms with Crippen molar-refractivity contribution in [1.29, 1.82) is 0 Å². The third-order valence-corrected chi connectivity index (χ3v) is 13.1. The van der Waals surface area contributed by atoms with Crippen LogP contribution >= 0.6 is 45.3 Å². The van der Waals surface area contributed by atoms with Crippen LogP contribution in [0, 0.1) is 0 Å². The average Bonchev–Trinajstić information content (AvgIpc) is 3.90. The number of fused-ring (bicyclic) bond motifs is 5. The van der Waals surface area contributed by atoms with Gasteiger partial charge in [-0.25, -0.2) is 9.97 Å². The van der Waals surface area contributed by atoms with Crippen LogP contribution in [0.15, 0.2) is 133 Å². The number of aromatic nitrogens is 2. The lowest BCUT2D eigenvalue weighted by Crippen LogP contribution is -1.76. The summed E-state index contributed by atoms with van der Waals surface area (Å²) in [6, 6.07) is 48.3. The van der Waals surface area contributed by atoms with Gasteiger partial charge in [-0.15, -0.1) is 45.3 Å². The summed E-state index contributed by atoms with van der Waals surface area (Å²) in [6.07, 6.45) is 0. The highest BCUT2D eigenvalue weighted by molar-refractivity contribution is 7.28. The Kier molecular flexibility index (Phi) is 5.99. The summed E-state index contributed by atoms with van der Waals surface area (Å²) in [5.74, 6) is 0. The maximum absolute atomic E-state index is 5.02. The Labute approximate surface area is 280 Å². The fourth-order valence-electron chi connectivity index (χ4n) is 6.21. The van der Waals surface area contributed by atoms with Gasteiger partial charge >= 0.3 is 0 Å². The summed E-state index contributed by atoms with van der Waals surface area (Å²) in [5.41, 5.74) is 7.05. The molecule has 4 aromatic heterocycles. The van der Waals surface area contributed by atoms with Gasteiger partial charge < -0.3 is 0 Å². The minimum Gasteiger partial charge on any atom is -0.235 e. The molecular formula is C40H22N2S4. The van der Waals surface area contributed by atoms with Crippen molar-refractivity contribution in [2.24, 2.45) is 0 Å². The van der Waals surface area contributed by atoms with E-state index in [1.807, 2.05) is 22.7 Å². The summed E-state index contributed by atoms with van der Waals surface area (Å²) < 4.78 is 5.03. The van der Waals surface area contributed by atoms with E-state index in [1.54, 1.807) is 22.7 Å². The highest BCUT2D eigenvalue weighted by Gasteiger charge is 2.15. The van der Waals surface area contributed by atoms with Gasteiger partial charge in [-0.2, -0.15) is 0 Å². The maximum atomic E-state index is 5.02. The SMILES string of the molecule is c1ccc(-c2ccc3nc(-c4cc5cc6cc7sc(-c8nc9ccc(-c%10ccccc%10)cc9s8)cc7cc6cc5s4)sc3c2)cc1. The smallest absolute Gasteiger partial charge is 0.134 e. The predicted octanol–water partition coefficient (Wildman–Crippen LogP) is 13.2. The summed E-state index contributed by atoms with van der Waals surface area (Å²) in [7, 11) is 0. The number of thiazole rings is 2. The van der Waals surface area contributed by atoms with E-state index in [-0.39, 0.29) is 0 Å². The Morgan fingerprint density at radius 1 is 0.326 bits per heavy atom. The first-order valence-corrected chi connectivity index (χ1v) is 18.3. The number of nitrogens with zero attached hydrogens (tertiary/aromatic N) is 2. The molecule has 0 saturated carbocycles. The Morgan fingerprint density at radius 3 is 1.24 bits per heavy atom. The van der Waals surface area contributed by atoms with Crippen molar-refractivity contribution >= 4 is 96.7 Å². The van der Waals surface area contributed by atoms with E-state index >= 15 is 0 Å². The third kappa shape index (κ3) is 4.49. The van der Waals surface area contributed by atoms with Gasteiger partial charge in [-0.05, 0) is 104 Å². The molecule has 0 unspecified atom stereocenters. The van der Waals surface area contributed by atoms with Crippen molar-refractivity contribution in [1.82, 2.24) is 9.97 Å². The molecule has 46 heavy (non-hydrogen) atoms. The zero-order valence-electron chi connectivity index (χ0n) is 24.2. The first-order chi connectivity index (χ1) is 22.7. The van der Waals surface area contributed by atoms with Gasteiger partial charge in [0.05, 0.1) is 30.2 Å². The Bertz CT molecular complexity index is 2490. The summed E-state index contributed by atoms with van der Waals surface area (Å²) >= 11 is 7.22. The lowest BCUT2D eigenvalue weighted by Gasteiger charge is -2.00. The van der Waals surface area contributed by atoms with Gasteiger partial charge in [0.2, 0.25) is 0 Å². The summed E-state index contributed by atoms with van der Waals surface area (Å²) in [5, 5.41) is 7.25. The largest absolute Gasteiger partial charge is 0.235 e. The number of thiophene rings is 2. The summed E-state index contributed by atoms with van der Waals surface area (Å²) in [6.45, 7) is 0. The molecule has 0 bridgehead atoms. The van der Waals surface area contributed by atoms with Crippen LogP contribution in [0.4, 0.5) is 0 Å². The number of hydrogen-bond acceptors (Lipinski definition) is 6. The molecule has 0 aliphatic heterocycles. The van der Waals surface area contributed by atoms with Crippen LogP contribution in [0.3, 0.4) is 0 Å². The fourth-order valence-corrected chi connectivity index (χ4v) is 10.5. The molecule has 6 heteroatoms. The van der Waals surface area contributed by atoms with Crippen molar-refractivity contribution in [3.63, 3.8) is 0 Å². The minimum absolute atomic E-state index is 1.06. The van der Waals surface area contributed by atoms with Gasteiger partial charge in [0.25, 0.3) is 0 Å². The van der Waals surface area contributed by atoms with Crippen molar-refractivity contribution < 1.29 is 0 Å². The van der Waals surface area contributed by atoms with Crippen LogP contribution in [-0.2, 0) is 0 Å². The molecule has 0 spiro atoms. The summed E-state index contributed by atoms with van der Waals surface area (Å²) in [4.78, 5) is 12.5. The molecule has 0 atom stereocenters. The molecule has 0 fully saturated rings. The topological polar surface area (TPSA) is 25.8 Å². The molecule has 10 rings (SSSR count). The normalized spacial score (nSPS) is 11.9. The molecular weight excluding hydrogens is 637 g/mol. The van der Waals surface area contributed by atoms with E-state index in [0.717, 1.165) is 21.0 Å². The van der Waals surface area contributed by atoms with E-state index < -0.39 is 0 Å². The molecule has 0 amide bonds. The number of rotatable bonds is 4. The Morgan fingerprint density at radius 2 is 0.783 bits per heavy atom. The molecule has 6 aromatic carbocycles. The highest BCUT2D eigenvalue weighted by Crippen LogP contribution is 2.43. The number of benzene rings is 6. The third-order valence-electron chi connectivity index (χ3n) is 8.52. The zero-order chi connectivity index (χ0) is 30.2. The van der Waals surface area contributed by atoms with Crippen LogP contribution in [0.25, 0.3) is 93.4 Å². The van der Waals surface area contributed by atoms with Crippen LogP contribution in [-0.4, -0.2) is 9.97 Å². The second-order valence-electron chi connectivity index (χ2n) is 11.5. The van der Waals surface area contributed by atoms with Gasteiger partial charge in [0, 0.05) is 9.40 Å². The highest BCUT2D eigenvalue weighted by atomic mass is 32.1. The van der Waals surface area contributed by atoms with E-state index in [9.17, 15) is 0 Å². The van der Waals surface area contributed by atoms with Crippen LogP contribution in [0.2, 0.25) is 0 Å². The molecule has 0 saturated heterocycles. The van der Waals surface area contributed by atoms with Gasteiger partial charge in [-0.1, -0.05) is 72.8 Å². The average molecular weight is 659 g/mol. The first kappa shape index (κ1) is 26.5. The lowest BCUT2D eigenvalue weighted by atomic mass is 10.1. The standard InChI is InChI=1S/C40H22N2S4/c1-3-7-23(8-4-1)25-11-13-31-35(17-25)45-39(41-31)37-21-29-15-27-20-34-30(16-28(27)19-33(29)43-37)22-38(44-34)40-42-32-14-12-26(18-36(32)46-40)24-9-5-2-6-10-24/h1-22H. The van der Waals surface area contributed by atoms with E-state index in [4.69, 9.17) is 9.97 Å². The lowest BCUT2D eigenvalue weighted by molar-refractivity contribution is 1.50. The molecule has 10 aromatic rings. The molecule has 0 aliphatic carbocycles. The van der Waals surface area contributed by atoms with Crippen LogP contribution < -0.4 is 0 Å². The van der Waals surface area contributed by atoms with Gasteiger partial charge in [0.15, 0.2) is 0 Å². The van der Waals surface area contributed by atoms with E-state index in [0.29, 0.717) is 0 Å². The second-order valence-corrected chi connectivity index (χ2v) is 15.7. The minimum atomic E-state index is 1.06. The fraction of sp³-hybridized carbons (Fsp3) is 0. The molecule has 4 heterocycles.